The highest BCUT2D eigenvalue weighted by Crippen LogP contribution is 2.21. The molecule has 2 N–H and O–H groups in total. The standard InChI is InChI=1S/C13H9BrN4O2/c14-9-2-1-8(4-15)11(3-9)17-6-12-10(13(19)20)5-16-7-18-12/h1-3,5,7,17H,6H2,(H,19,20). The van der Waals surface area contributed by atoms with Gasteiger partial charge in [0, 0.05) is 10.7 Å². The molecule has 0 atom stereocenters. The number of nitriles is 1. The van der Waals surface area contributed by atoms with E-state index in [9.17, 15) is 4.79 Å². The minimum Gasteiger partial charge on any atom is -0.478 e. The van der Waals surface area contributed by atoms with Gasteiger partial charge in [0.15, 0.2) is 0 Å². The largest absolute Gasteiger partial charge is 0.478 e. The second-order valence-electron chi connectivity index (χ2n) is 3.84. The maximum absolute atomic E-state index is 11.0. The molecule has 1 heterocycles. The summed E-state index contributed by atoms with van der Waals surface area (Å²) in [6.07, 6.45) is 2.54. The van der Waals surface area contributed by atoms with Gasteiger partial charge in [-0.25, -0.2) is 14.8 Å². The molecule has 0 aliphatic rings. The highest BCUT2D eigenvalue weighted by atomic mass is 79.9. The number of aromatic carboxylic acids is 1. The van der Waals surface area contributed by atoms with Gasteiger partial charge in [-0.3, -0.25) is 0 Å². The molecule has 0 saturated carbocycles. The van der Waals surface area contributed by atoms with Gasteiger partial charge in [-0.15, -0.1) is 0 Å². The Bertz CT molecular complexity index is 697. The van der Waals surface area contributed by atoms with Crippen LogP contribution in [-0.4, -0.2) is 21.0 Å². The lowest BCUT2D eigenvalue weighted by atomic mass is 10.2. The molecule has 7 heteroatoms. The first-order chi connectivity index (χ1) is 9.61. The fraction of sp³-hybridized carbons (Fsp3) is 0.0769. The molecule has 2 rings (SSSR count). The van der Waals surface area contributed by atoms with Gasteiger partial charge in [0.2, 0.25) is 0 Å². The molecule has 0 radical (unpaired) electrons. The van der Waals surface area contributed by atoms with E-state index < -0.39 is 5.97 Å². The molecule has 0 saturated heterocycles. The van der Waals surface area contributed by atoms with Crippen molar-refractivity contribution in [2.45, 2.75) is 6.54 Å². The number of carbonyl (C=O) groups is 1. The molecular weight excluding hydrogens is 324 g/mol. The van der Waals surface area contributed by atoms with Crippen molar-refractivity contribution in [3.63, 3.8) is 0 Å². The van der Waals surface area contributed by atoms with Gasteiger partial charge in [0.1, 0.15) is 18.0 Å². The van der Waals surface area contributed by atoms with E-state index >= 15 is 0 Å². The monoisotopic (exact) mass is 332 g/mol. The Hall–Kier alpha value is -2.46. The van der Waals surface area contributed by atoms with Crippen LogP contribution in [0, 0.1) is 11.3 Å². The SMILES string of the molecule is N#Cc1ccc(Br)cc1NCc1ncncc1C(=O)O. The van der Waals surface area contributed by atoms with E-state index in [0.29, 0.717) is 16.9 Å². The average Bonchev–Trinajstić information content (AvgIpc) is 2.45. The molecule has 0 fully saturated rings. The Morgan fingerprint density at radius 3 is 3.00 bits per heavy atom. The minimum atomic E-state index is -1.09. The molecule has 1 aromatic heterocycles. The van der Waals surface area contributed by atoms with Gasteiger partial charge in [0.05, 0.1) is 23.5 Å². The van der Waals surface area contributed by atoms with Crippen LogP contribution in [0.25, 0.3) is 0 Å². The number of carboxylic acid groups (broad SMARTS) is 1. The van der Waals surface area contributed by atoms with Crippen LogP contribution in [0.4, 0.5) is 5.69 Å². The summed E-state index contributed by atoms with van der Waals surface area (Å²) in [6, 6.07) is 7.25. The van der Waals surface area contributed by atoms with Crippen LogP contribution >= 0.6 is 15.9 Å². The molecule has 0 aliphatic heterocycles. The lowest BCUT2D eigenvalue weighted by molar-refractivity contribution is 0.0694. The topological polar surface area (TPSA) is 98.9 Å². The number of aromatic nitrogens is 2. The van der Waals surface area contributed by atoms with Crippen LogP contribution < -0.4 is 5.32 Å². The minimum absolute atomic E-state index is 0.0357. The summed E-state index contributed by atoms with van der Waals surface area (Å²) in [7, 11) is 0. The van der Waals surface area contributed by atoms with Gasteiger partial charge in [0.25, 0.3) is 0 Å². The number of benzene rings is 1. The number of nitrogens with one attached hydrogen (secondary N) is 1. The fourth-order valence-corrected chi connectivity index (χ4v) is 1.97. The van der Waals surface area contributed by atoms with Gasteiger partial charge >= 0.3 is 5.97 Å². The van der Waals surface area contributed by atoms with Crippen LogP contribution in [0.1, 0.15) is 21.6 Å². The van der Waals surface area contributed by atoms with Crippen molar-refractivity contribution in [2.24, 2.45) is 0 Å². The van der Waals surface area contributed by atoms with E-state index in [0.717, 1.165) is 4.47 Å². The van der Waals surface area contributed by atoms with E-state index in [2.05, 4.69) is 37.3 Å². The quantitative estimate of drug-likeness (QED) is 0.891. The number of carboxylic acids is 1. The summed E-state index contributed by atoms with van der Waals surface area (Å²) in [5.74, 6) is -1.09. The summed E-state index contributed by atoms with van der Waals surface area (Å²) in [5.41, 5.74) is 1.47. The molecule has 0 spiro atoms. The van der Waals surface area contributed by atoms with Gasteiger partial charge < -0.3 is 10.4 Å². The second kappa shape index (κ2) is 6.12. The lowest BCUT2D eigenvalue weighted by Gasteiger charge is -2.09. The smallest absolute Gasteiger partial charge is 0.339 e. The molecule has 0 bridgehead atoms. The zero-order valence-corrected chi connectivity index (χ0v) is 11.8. The van der Waals surface area contributed by atoms with Crippen LogP contribution in [-0.2, 0) is 6.54 Å². The molecule has 0 unspecified atom stereocenters. The van der Waals surface area contributed by atoms with Crippen LogP contribution in [0.5, 0.6) is 0 Å². The third-order valence-electron chi connectivity index (χ3n) is 2.57. The summed E-state index contributed by atoms with van der Waals surface area (Å²) >= 11 is 3.32. The highest BCUT2D eigenvalue weighted by Gasteiger charge is 2.11. The Kier molecular flexibility index (Phi) is 4.27. The van der Waals surface area contributed by atoms with E-state index in [1.54, 1.807) is 18.2 Å². The Labute approximate surface area is 123 Å². The predicted octanol–water partition coefficient (Wildman–Crippen LogP) is 2.42. The number of halogens is 1. The molecule has 2 aromatic rings. The van der Waals surface area contributed by atoms with Crippen molar-refractivity contribution in [3.05, 3.63) is 52.0 Å². The summed E-state index contributed by atoms with van der Waals surface area (Å²) in [5, 5.41) is 21.1. The Morgan fingerprint density at radius 1 is 1.50 bits per heavy atom. The van der Waals surface area contributed by atoms with Gasteiger partial charge in [-0.05, 0) is 18.2 Å². The van der Waals surface area contributed by atoms with Crippen molar-refractivity contribution in [1.82, 2.24) is 9.97 Å². The van der Waals surface area contributed by atoms with E-state index in [-0.39, 0.29) is 12.1 Å². The predicted molar refractivity (Wildman–Crippen MR) is 75.2 cm³/mol. The van der Waals surface area contributed by atoms with Crippen molar-refractivity contribution >= 4 is 27.6 Å². The Morgan fingerprint density at radius 2 is 2.30 bits per heavy atom. The maximum Gasteiger partial charge on any atom is 0.339 e. The second-order valence-corrected chi connectivity index (χ2v) is 4.76. The van der Waals surface area contributed by atoms with Crippen molar-refractivity contribution in [2.75, 3.05) is 5.32 Å². The first-order valence-electron chi connectivity index (χ1n) is 5.57. The fourth-order valence-electron chi connectivity index (χ4n) is 1.61. The molecule has 0 amide bonds. The van der Waals surface area contributed by atoms with Crippen LogP contribution in [0.3, 0.4) is 0 Å². The van der Waals surface area contributed by atoms with Gasteiger partial charge in [-0.1, -0.05) is 15.9 Å². The van der Waals surface area contributed by atoms with Gasteiger partial charge in [-0.2, -0.15) is 5.26 Å². The third kappa shape index (κ3) is 3.10. The number of hydrogen-bond donors (Lipinski definition) is 2. The van der Waals surface area contributed by atoms with Crippen molar-refractivity contribution in [3.8, 4) is 6.07 Å². The molecule has 100 valence electrons. The number of rotatable bonds is 4. The van der Waals surface area contributed by atoms with E-state index in [4.69, 9.17) is 10.4 Å². The molecule has 1 aromatic carbocycles. The summed E-state index contributed by atoms with van der Waals surface area (Å²) in [4.78, 5) is 18.7. The maximum atomic E-state index is 11.0. The van der Waals surface area contributed by atoms with E-state index in [1.165, 1.54) is 12.5 Å². The summed E-state index contributed by atoms with van der Waals surface area (Å²) in [6.45, 7) is 0.190. The number of anilines is 1. The normalized spacial score (nSPS) is 9.80. The third-order valence-corrected chi connectivity index (χ3v) is 3.07. The molecule has 20 heavy (non-hydrogen) atoms. The van der Waals surface area contributed by atoms with Crippen molar-refractivity contribution in [1.29, 1.82) is 5.26 Å². The summed E-state index contributed by atoms with van der Waals surface area (Å²) < 4.78 is 0.820. The number of hydrogen-bond acceptors (Lipinski definition) is 5. The van der Waals surface area contributed by atoms with E-state index in [1.807, 2.05) is 0 Å². The molecular formula is C13H9BrN4O2. The highest BCUT2D eigenvalue weighted by molar-refractivity contribution is 9.10. The Balaban J connectivity index is 2.24. The first-order valence-corrected chi connectivity index (χ1v) is 6.37. The van der Waals surface area contributed by atoms with Crippen molar-refractivity contribution < 1.29 is 9.90 Å². The molecule has 6 nitrogen and oxygen atoms in total. The average molecular weight is 333 g/mol. The zero-order valence-electron chi connectivity index (χ0n) is 10.2. The molecule has 0 aliphatic carbocycles. The van der Waals surface area contributed by atoms with Crippen LogP contribution in [0.2, 0.25) is 0 Å². The zero-order chi connectivity index (χ0) is 14.5. The number of nitrogens with zero attached hydrogens (tertiary/aromatic N) is 3. The van der Waals surface area contributed by atoms with Crippen LogP contribution in [0.15, 0.2) is 35.2 Å². The first kappa shape index (κ1) is 14.0. The lowest BCUT2D eigenvalue weighted by Crippen LogP contribution is -2.10.